The summed E-state index contributed by atoms with van der Waals surface area (Å²) in [5.74, 6) is -0.0797. The molecular weight excluding hydrogens is 180 g/mol. The third-order valence-electron chi connectivity index (χ3n) is 2.15. The Morgan fingerprint density at radius 1 is 1.50 bits per heavy atom. The van der Waals surface area contributed by atoms with Crippen molar-refractivity contribution in [2.45, 2.75) is 33.7 Å². The van der Waals surface area contributed by atoms with Gasteiger partial charge >= 0.3 is 0 Å². The van der Waals surface area contributed by atoms with E-state index in [1.54, 1.807) is 0 Å². The van der Waals surface area contributed by atoms with Gasteiger partial charge < -0.3 is 16.2 Å². The second kappa shape index (κ2) is 5.32. The van der Waals surface area contributed by atoms with Crippen LogP contribution < -0.4 is 11.1 Å². The van der Waals surface area contributed by atoms with Crippen molar-refractivity contribution in [2.24, 2.45) is 17.1 Å². The molecule has 0 saturated carbocycles. The molecule has 14 heavy (non-hydrogen) atoms. The van der Waals surface area contributed by atoms with Crippen molar-refractivity contribution in [1.29, 1.82) is 0 Å². The first-order valence-electron chi connectivity index (χ1n) is 4.93. The third-order valence-corrected chi connectivity index (χ3v) is 2.15. The smallest absolute Gasteiger partial charge is 0.237 e. The number of nitrogens with two attached hydrogens (primary N) is 1. The summed E-state index contributed by atoms with van der Waals surface area (Å²) < 4.78 is 0. The third kappa shape index (κ3) is 4.58. The summed E-state index contributed by atoms with van der Waals surface area (Å²) in [5, 5.41) is 11.5. The quantitative estimate of drug-likeness (QED) is 0.605. The monoisotopic (exact) mass is 202 g/mol. The van der Waals surface area contributed by atoms with Gasteiger partial charge in [-0.15, -0.1) is 0 Å². The van der Waals surface area contributed by atoms with E-state index in [9.17, 15) is 4.79 Å². The highest BCUT2D eigenvalue weighted by atomic mass is 16.3. The molecule has 4 heteroatoms. The molecule has 1 amide bonds. The summed E-state index contributed by atoms with van der Waals surface area (Å²) in [6.45, 7) is 8.18. The Morgan fingerprint density at radius 2 is 2.00 bits per heavy atom. The van der Waals surface area contributed by atoms with Crippen LogP contribution in [0, 0.1) is 11.3 Å². The fraction of sp³-hybridized carbons (Fsp3) is 0.900. The van der Waals surface area contributed by atoms with Crippen molar-refractivity contribution >= 4 is 5.91 Å². The molecule has 0 aromatic carbocycles. The van der Waals surface area contributed by atoms with E-state index in [1.807, 2.05) is 27.7 Å². The molecule has 84 valence electrons. The van der Waals surface area contributed by atoms with E-state index in [0.717, 1.165) is 0 Å². The van der Waals surface area contributed by atoms with Crippen LogP contribution >= 0.6 is 0 Å². The van der Waals surface area contributed by atoms with Crippen LogP contribution in [0.3, 0.4) is 0 Å². The molecule has 4 N–H and O–H groups in total. The van der Waals surface area contributed by atoms with Gasteiger partial charge in [-0.05, 0) is 11.3 Å². The molecule has 0 rings (SSSR count). The highest BCUT2D eigenvalue weighted by Gasteiger charge is 2.27. The standard InChI is InChI=1S/C10H22N2O2/c1-7(6-13)5-12-9(14)8(11)10(2,3)4/h7-8,13H,5-6,11H2,1-4H3,(H,12,14)/t7?,8-/m1/s1. The molecule has 0 aromatic heterocycles. The Labute approximate surface area is 85.9 Å². The molecule has 0 aromatic rings. The zero-order chi connectivity index (χ0) is 11.4. The van der Waals surface area contributed by atoms with E-state index in [2.05, 4.69) is 5.32 Å². The first-order valence-corrected chi connectivity index (χ1v) is 4.93. The van der Waals surface area contributed by atoms with Crippen LogP contribution in [0.2, 0.25) is 0 Å². The summed E-state index contributed by atoms with van der Waals surface area (Å²) in [5.41, 5.74) is 5.52. The van der Waals surface area contributed by atoms with E-state index >= 15 is 0 Å². The molecule has 0 spiro atoms. The number of rotatable bonds is 4. The van der Waals surface area contributed by atoms with Crippen molar-refractivity contribution in [2.75, 3.05) is 13.2 Å². The van der Waals surface area contributed by atoms with Gasteiger partial charge in [0.05, 0.1) is 6.04 Å². The van der Waals surface area contributed by atoms with Crippen molar-refractivity contribution in [1.82, 2.24) is 5.32 Å². The van der Waals surface area contributed by atoms with Crippen LogP contribution in [-0.2, 0) is 4.79 Å². The van der Waals surface area contributed by atoms with Crippen molar-refractivity contribution in [3.05, 3.63) is 0 Å². The number of hydrogen-bond acceptors (Lipinski definition) is 3. The molecule has 0 saturated heterocycles. The lowest BCUT2D eigenvalue weighted by molar-refractivity contribution is -0.124. The van der Waals surface area contributed by atoms with E-state index in [1.165, 1.54) is 0 Å². The van der Waals surface area contributed by atoms with Crippen LogP contribution in [0.5, 0.6) is 0 Å². The maximum Gasteiger partial charge on any atom is 0.237 e. The van der Waals surface area contributed by atoms with Crippen molar-refractivity contribution in [3.8, 4) is 0 Å². The number of aliphatic hydroxyl groups excluding tert-OH is 1. The lowest BCUT2D eigenvalue weighted by Gasteiger charge is -2.26. The molecule has 0 radical (unpaired) electrons. The molecule has 2 atom stereocenters. The van der Waals surface area contributed by atoms with Crippen molar-refractivity contribution in [3.63, 3.8) is 0 Å². The molecule has 0 aliphatic heterocycles. The molecule has 4 nitrogen and oxygen atoms in total. The normalized spacial score (nSPS) is 16.1. The molecule has 1 unspecified atom stereocenters. The number of amides is 1. The molecule has 0 aliphatic carbocycles. The lowest BCUT2D eigenvalue weighted by atomic mass is 9.87. The largest absolute Gasteiger partial charge is 0.396 e. The number of carbonyl (C=O) groups is 1. The van der Waals surface area contributed by atoms with Crippen molar-refractivity contribution < 1.29 is 9.90 Å². The summed E-state index contributed by atoms with van der Waals surface area (Å²) in [7, 11) is 0. The average molecular weight is 202 g/mol. The first-order chi connectivity index (χ1) is 6.29. The topological polar surface area (TPSA) is 75.3 Å². The summed E-state index contributed by atoms with van der Waals surface area (Å²) in [4.78, 5) is 11.5. The minimum absolute atomic E-state index is 0.0744. The summed E-state index contributed by atoms with van der Waals surface area (Å²) in [6.07, 6.45) is 0. The van der Waals surface area contributed by atoms with Gasteiger partial charge in [0.15, 0.2) is 0 Å². The SMILES string of the molecule is CC(CO)CNC(=O)[C@@H](N)C(C)(C)C. The van der Waals surface area contributed by atoms with Gasteiger partial charge in [-0.25, -0.2) is 0 Å². The van der Waals surface area contributed by atoms with Gasteiger partial charge in [-0.1, -0.05) is 27.7 Å². The molecular formula is C10H22N2O2. The maximum absolute atomic E-state index is 11.5. The Kier molecular flexibility index (Phi) is 5.08. The fourth-order valence-electron chi connectivity index (χ4n) is 0.843. The van der Waals surface area contributed by atoms with Gasteiger partial charge in [-0.2, -0.15) is 0 Å². The number of hydrogen-bond donors (Lipinski definition) is 3. The Bertz CT molecular complexity index is 187. The van der Waals surface area contributed by atoms with E-state index in [4.69, 9.17) is 10.8 Å². The zero-order valence-corrected chi connectivity index (χ0v) is 9.50. The number of aliphatic hydroxyl groups is 1. The van der Waals surface area contributed by atoms with Crippen LogP contribution in [0.1, 0.15) is 27.7 Å². The molecule has 0 aliphatic rings. The maximum atomic E-state index is 11.5. The second-order valence-corrected chi connectivity index (χ2v) is 4.88. The summed E-state index contributed by atoms with van der Waals surface area (Å²) in [6, 6.07) is -0.506. The Hall–Kier alpha value is -0.610. The van der Waals surface area contributed by atoms with Gasteiger partial charge in [0.25, 0.3) is 0 Å². The summed E-state index contributed by atoms with van der Waals surface area (Å²) >= 11 is 0. The van der Waals surface area contributed by atoms with Crippen LogP contribution in [0.15, 0.2) is 0 Å². The highest BCUT2D eigenvalue weighted by Crippen LogP contribution is 2.17. The second-order valence-electron chi connectivity index (χ2n) is 4.88. The van der Waals surface area contributed by atoms with Crippen LogP contribution in [0.4, 0.5) is 0 Å². The predicted molar refractivity (Wildman–Crippen MR) is 56.7 cm³/mol. The lowest BCUT2D eigenvalue weighted by Crippen LogP contribution is -2.49. The molecule has 0 fully saturated rings. The highest BCUT2D eigenvalue weighted by molar-refractivity contribution is 5.82. The first kappa shape index (κ1) is 13.4. The molecule has 0 bridgehead atoms. The fourth-order valence-corrected chi connectivity index (χ4v) is 0.843. The number of carbonyl (C=O) groups excluding carboxylic acids is 1. The Morgan fingerprint density at radius 3 is 2.36 bits per heavy atom. The number of nitrogens with one attached hydrogen (secondary N) is 1. The van der Waals surface area contributed by atoms with E-state index in [0.29, 0.717) is 6.54 Å². The minimum atomic E-state index is -0.506. The van der Waals surface area contributed by atoms with Crippen LogP contribution in [-0.4, -0.2) is 30.2 Å². The van der Waals surface area contributed by atoms with E-state index < -0.39 is 6.04 Å². The van der Waals surface area contributed by atoms with Gasteiger partial charge in [0, 0.05) is 13.2 Å². The zero-order valence-electron chi connectivity index (χ0n) is 9.50. The van der Waals surface area contributed by atoms with Crippen LogP contribution in [0.25, 0.3) is 0 Å². The predicted octanol–water partition coefficient (Wildman–Crippen LogP) is 0.104. The average Bonchev–Trinajstić information content (AvgIpc) is 2.10. The van der Waals surface area contributed by atoms with Gasteiger partial charge in [0.2, 0.25) is 5.91 Å². The minimum Gasteiger partial charge on any atom is -0.396 e. The van der Waals surface area contributed by atoms with Gasteiger partial charge in [-0.3, -0.25) is 4.79 Å². The Balaban J connectivity index is 3.97. The van der Waals surface area contributed by atoms with E-state index in [-0.39, 0.29) is 23.8 Å². The molecule has 0 heterocycles. The van der Waals surface area contributed by atoms with Gasteiger partial charge in [0.1, 0.15) is 0 Å².